The van der Waals surface area contributed by atoms with Crippen LogP contribution in [0.1, 0.15) is 10.4 Å². The van der Waals surface area contributed by atoms with Gasteiger partial charge in [0.2, 0.25) is 5.78 Å². The van der Waals surface area contributed by atoms with Crippen molar-refractivity contribution in [2.24, 2.45) is 0 Å². The lowest BCUT2D eigenvalue weighted by Gasteiger charge is -2.11. The van der Waals surface area contributed by atoms with E-state index in [-0.39, 0.29) is 24.4 Å². The number of rotatable bonds is 5. The van der Waals surface area contributed by atoms with Crippen LogP contribution in [0.15, 0.2) is 54.7 Å². The van der Waals surface area contributed by atoms with Crippen LogP contribution >= 0.6 is 0 Å². The topological polar surface area (TPSA) is 76.5 Å². The molecule has 1 aromatic heterocycles. The van der Waals surface area contributed by atoms with Crippen LogP contribution in [0.4, 0.5) is 0 Å². The number of hydrogen-bond donors (Lipinski definition) is 1. The Hall–Kier alpha value is -3.21. The molecule has 0 radical (unpaired) electrons. The summed E-state index contributed by atoms with van der Waals surface area (Å²) >= 11 is 0. The van der Waals surface area contributed by atoms with Crippen LogP contribution in [-0.2, 0) is 9.53 Å². The number of ketones is 1. The number of hydrogen-bond acceptors (Lipinski definition) is 5. The van der Waals surface area contributed by atoms with Crippen molar-refractivity contribution in [2.45, 2.75) is 0 Å². The minimum atomic E-state index is -0.398. The van der Waals surface area contributed by atoms with E-state index in [1.54, 1.807) is 24.4 Å². The van der Waals surface area contributed by atoms with Crippen LogP contribution in [-0.4, -0.2) is 29.0 Å². The van der Waals surface area contributed by atoms with Crippen LogP contribution in [0.25, 0.3) is 22.0 Å². The van der Waals surface area contributed by atoms with Crippen molar-refractivity contribution in [1.82, 2.24) is 4.98 Å². The van der Waals surface area contributed by atoms with E-state index in [0.29, 0.717) is 16.5 Å². The quantitative estimate of drug-likeness (QED) is 0.579. The van der Waals surface area contributed by atoms with Gasteiger partial charge in [-0.3, -0.25) is 14.6 Å². The van der Waals surface area contributed by atoms with Gasteiger partial charge in [0.25, 0.3) is 6.47 Å². The second-order valence-electron chi connectivity index (χ2n) is 4.92. The van der Waals surface area contributed by atoms with Crippen molar-refractivity contribution >= 4 is 23.2 Å². The van der Waals surface area contributed by atoms with Gasteiger partial charge < -0.3 is 9.84 Å². The summed E-state index contributed by atoms with van der Waals surface area (Å²) in [6.07, 6.45) is 1.57. The summed E-state index contributed by atoms with van der Waals surface area (Å²) in [6, 6.07) is 14.2. The molecule has 0 atom stereocenters. The van der Waals surface area contributed by atoms with E-state index in [1.807, 2.05) is 30.3 Å². The molecule has 0 bridgehead atoms. The molecule has 0 fully saturated rings. The minimum Gasteiger partial charge on any atom is -0.507 e. The zero-order valence-electron chi connectivity index (χ0n) is 12.1. The van der Waals surface area contributed by atoms with E-state index in [1.165, 1.54) is 0 Å². The number of carbonyl (C=O) groups is 2. The number of benzene rings is 2. The summed E-state index contributed by atoms with van der Waals surface area (Å²) in [5.74, 6) is -0.415. The lowest BCUT2D eigenvalue weighted by molar-refractivity contribution is -0.127. The van der Waals surface area contributed by atoms with Gasteiger partial charge >= 0.3 is 0 Å². The van der Waals surface area contributed by atoms with E-state index < -0.39 is 5.78 Å². The Kier molecular flexibility index (Phi) is 4.01. The Labute approximate surface area is 132 Å². The van der Waals surface area contributed by atoms with Crippen molar-refractivity contribution in [1.29, 1.82) is 0 Å². The number of Topliss-reactive ketones (excluding diaryl/α,β-unsaturated/α-hetero) is 1. The fourth-order valence-corrected chi connectivity index (χ4v) is 2.48. The van der Waals surface area contributed by atoms with Gasteiger partial charge in [-0.15, -0.1) is 0 Å². The van der Waals surface area contributed by atoms with E-state index in [0.717, 1.165) is 5.56 Å². The number of nitrogens with zero attached hydrogens (tertiary/aromatic N) is 1. The van der Waals surface area contributed by atoms with Gasteiger partial charge in [0.15, 0.2) is 6.61 Å². The first-order valence-corrected chi connectivity index (χ1v) is 6.97. The molecule has 1 N–H and O–H groups in total. The lowest BCUT2D eigenvalue weighted by Crippen LogP contribution is -2.09. The van der Waals surface area contributed by atoms with Crippen LogP contribution in [0.5, 0.6) is 5.75 Å². The molecule has 114 valence electrons. The summed E-state index contributed by atoms with van der Waals surface area (Å²) in [5.41, 5.74) is 2.10. The highest BCUT2D eigenvalue weighted by molar-refractivity contribution is 6.11. The molecule has 5 nitrogen and oxygen atoms in total. The second-order valence-corrected chi connectivity index (χ2v) is 4.92. The third kappa shape index (κ3) is 2.76. The molecule has 23 heavy (non-hydrogen) atoms. The Morgan fingerprint density at radius 1 is 1.13 bits per heavy atom. The highest BCUT2D eigenvalue weighted by Gasteiger charge is 2.17. The number of fused-ring (bicyclic) bond motifs is 1. The van der Waals surface area contributed by atoms with Crippen LogP contribution in [0.2, 0.25) is 0 Å². The average molecular weight is 307 g/mol. The zero-order chi connectivity index (χ0) is 16.2. The molecule has 2 aromatic carbocycles. The van der Waals surface area contributed by atoms with E-state index in [4.69, 9.17) is 0 Å². The predicted octanol–water partition coefficient (Wildman–Crippen LogP) is 2.96. The maximum atomic E-state index is 12.2. The monoisotopic (exact) mass is 307 g/mol. The summed E-state index contributed by atoms with van der Waals surface area (Å²) in [4.78, 5) is 26.8. The molecular formula is C18H13NO4. The molecule has 0 unspecified atom stereocenters. The molecule has 3 aromatic rings. The largest absolute Gasteiger partial charge is 0.507 e. The summed E-state index contributed by atoms with van der Waals surface area (Å²) in [7, 11) is 0. The standard InChI is InChI=1S/C18H13NO4/c20-11-23-10-16(21)13-7-4-8-15-17(13)18(22)14(9-19-15)12-5-2-1-3-6-12/h1-9,11H,10H2,(H,19,22). The highest BCUT2D eigenvalue weighted by atomic mass is 16.5. The Bertz CT molecular complexity index is 875. The number of carbonyl (C=O) groups excluding carboxylic acids is 2. The van der Waals surface area contributed by atoms with E-state index in [2.05, 4.69) is 9.72 Å². The van der Waals surface area contributed by atoms with Gasteiger partial charge in [-0.1, -0.05) is 42.5 Å². The third-order valence-electron chi connectivity index (χ3n) is 3.53. The zero-order valence-corrected chi connectivity index (χ0v) is 12.1. The van der Waals surface area contributed by atoms with Gasteiger partial charge in [0.05, 0.1) is 10.9 Å². The molecule has 0 aliphatic heterocycles. The van der Waals surface area contributed by atoms with Crippen molar-refractivity contribution in [3.63, 3.8) is 0 Å². The summed E-state index contributed by atoms with van der Waals surface area (Å²) < 4.78 is 4.52. The average Bonchev–Trinajstić information content (AvgIpc) is 2.60. The Balaban J connectivity index is 2.19. The maximum absolute atomic E-state index is 12.2. The molecule has 1 heterocycles. The number of aromatic nitrogens is 1. The number of aromatic hydroxyl groups is 1. The first-order chi connectivity index (χ1) is 11.2. The number of ether oxygens (including phenoxy) is 1. The first-order valence-electron chi connectivity index (χ1n) is 6.97. The molecule has 0 saturated carbocycles. The minimum absolute atomic E-state index is 0.0174. The molecule has 0 aliphatic carbocycles. The Morgan fingerprint density at radius 2 is 1.91 bits per heavy atom. The smallest absolute Gasteiger partial charge is 0.293 e. The van der Waals surface area contributed by atoms with Crippen molar-refractivity contribution in [3.8, 4) is 16.9 Å². The molecular weight excluding hydrogens is 294 g/mol. The summed E-state index contributed by atoms with van der Waals surface area (Å²) in [5, 5.41) is 11.0. The third-order valence-corrected chi connectivity index (χ3v) is 3.53. The van der Waals surface area contributed by atoms with E-state index >= 15 is 0 Å². The Morgan fingerprint density at radius 3 is 2.65 bits per heavy atom. The molecule has 5 heteroatoms. The van der Waals surface area contributed by atoms with Gasteiger partial charge in [0, 0.05) is 17.3 Å². The molecule has 0 amide bonds. The SMILES string of the molecule is O=COCC(=O)c1cccc2ncc(-c3ccccc3)c(O)c12. The summed E-state index contributed by atoms with van der Waals surface area (Å²) in [6.45, 7) is -0.159. The maximum Gasteiger partial charge on any atom is 0.293 e. The fraction of sp³-hybridized carbons (Fsp3) is 0.0556. The highest BCUT2D eigenvalue weighted by Crippen LogP contribution is 2.36. The van der Waals surface area contributed by atoms with Crippen molar-refractivity contribution < 1.29 is 19.4 Å². The van der Waals surface area contributed by atoms with E-state index in [9.17, 15) is 14.7 Å². The first kappa shape index (κ1) is 14.7. The van der Waals surface area contributed by atoms with Gasteiger partial charge in [-0.2, -0.15) is 0 Å². The van der Waals surface area contributed by atoms with Crippen LogP contribution in [0.3, 0.4) is 0 Å². The number of pyridine rings is 1. The van der Waals surface area contributed by atoms with Crippen molar-refractivity contribution in [3.05, 3.63) is 60.3 Å². The predicted molar refractivity (Wildman–Crippen MR) is 85.2 cm³/mol. The van der Waals surface area contributed by atoms with Gasteiger partial charge in [0.1, 0.15) is 5.75 Å². The lowest BCUT2D eigenvalue weighted by atomic mass is 9.99. The molecule has 0 spiro atoms. The van der Waals surface area contributed by atoms with Gasteiger partial charge in [-0.05, 0) is 11.6 Å². The normalized spacial score (nSPS) is 10.4. The van der Waals surface area contributed by atoms with Crippen LogP contribution < -0.4 is 0 Å². The molecule has 0 aliphatic rings. The fourth-order valence-electron chi connectivity index (χ4n) is 2.48. The van der Waals surface area contributed by atoms with Crippen molar-refractivity contribution in [2.75, 3.05) is 6.61 Å². The molecule has 3 rings (SSSR count). The van der Waals surface area contributed by atoms with Gasteiger partial charge in [-0.25, -0.2) is 0 Å². The second kappa shape index (κ2) is 6.27. The van der Waals surface area contributed by atoms with Crippen LogP contribution in [0, 0.1) is 0 Å². The molecule has 0 saturated heterocycles.